The van der Waals surface area contributed by atoms with Gasteiger partial charge in [-0.05, 0) is 31.4 Å². The van der Waals surface area contributed by atoms with E-state index in [2.05, 4.69) is 19.2 Å². The Labute approximate surface area is 110 Å². The Bertz CT molecular complexity index is 268. The number of likely N-dealkylation sites (N-methyl/N-ethyl adjacent to an activating group) is 1. The number of amides is 1. The molecule has 1 heterocycles. The Kier molecular flexibility index (Phi) is 5.32. The fraction of sp³-hybridized carbons (Fsp3) is 0.923. The molecule has 1 aliphatic rings. The Hall–Kier alpha value is -0.220. The van der Waals surface area contributed by atoms with Gasteiger partial charge in [-0.1, -0.05) is 13.8 Å². The minimum absolute atomic E-state index is 0.0700. The lowest BCUT2D eigenvalue weighted by Gasteiger charge is -2.36. The Morgan fingerprint density at radius 1 is 1.59 bits per heavy atom. The van der Waals surface area contributed by atoms with Crippen LogP contribution in [0, 0.1) is 5.41 Å². The molecular formula is C13H26N2OS. The average molecular weight is 258 g/mol. The molecule has 100 valence electrons. The van der Waals surface area contributed by atoms with E-state index in [4.69, 9.17) is 0 Å². The summed E-state index contributed by atoms with van der Waals surface area (Å²) in [5.74, 6) is 2.54. The highest BCUT2D eigenvalue weighted by Crippen LogP contribution is 2.33. The molecule has 1 amide bonds. The molecule has 0 spiro atoms. The third kappa shape index (κ3) is 4.51. The molecule has 1 rings (SSSR count). The molecule has 0 aromatic heterocycles. The topological polar surface area (TPSA) is 32.3 Å². The molecule has 1 aliphatic heterocycles. The maximum Gasteiger partial charge on any atom is 0.239 e. The lowest BCUT2D eigenvalue weighted by atomic mass is 9.87. The summed E-state index contributed by atoms with van der Waals surface area (Å²) in [5.41, 5.74) is 0.389. The van der Waals surface area contributed by atoms with Gasteiger partial charge in [-0.2, -0.15) is 11.8 Å². The molecule has 4 heteroatoms. The van der Waals surface area contributed by atoms with E-state index in [-0.39, 0.29) is 11.9 Å². The summed E-state index contributed by atoms with van der Waals surface area (Å²) in [4.78, 5) is 13.7. The lowest BCUT2D eigenvalue weighted by molar-refractivity contribution is -0.131. The second-order valence-electron chi connectivity index (χ2n) is 5.82. The number of hydrogen-bond acceptors (Lipinski definition) is 3. The van der Waals surface area contributed by atoms with Crippen LogP contribution in [0.5, 0.6) is 0 Å². The summed E-state index contributed by atoms with van der Waals surface area (Å²) in [6.45, 7) is 9.36. The molecule has 1 fully saturated rings. The van der Waals surface area contributed by atoms with Gasteiger partial charge >= 0.3 is 0 Å². The van der Waals surface area contributed by atoms with Crippen LogP contribution >= 0.6 is 11.8 Å². The lowest BCUT2D eigenvalue weighted by Crippen LogP contribution is -2.50. The van der Waals surface area contributed by atoms with Crippen LogP contribution in [-0.2, 0) is 4.79 Å². The van der Waals surface area contributed by atoms with Crippen molar-refractivity contribution in [1.82, 2.24) is 10.2 Å². The molecule has 0 aliphatic carbocycles. The van der Waals surface area contributed by atoms with Gasteiger partial charge in [0.1, 0.15) is 0 Å². The maximum absolute atomic E-state index is 12.0. The van der Waals surface area contributed by atoms with E-state index in [1.165, 1.54) is 5.75 Å². The van der Waals surface area contributed by atoms with E-state index in [0.29, 0.717) is 11.5 Å². The molecule has 0 aromatic rings. The minimum atomic E-state index is -0.0700. The van der Waals surface area contributed by atoms with Gasteiger partial charge in [0.2, 0.25) is 5.91 Å². The first kappa shape index (κ1) is 14.8. The minimum Gasteiger partial charge on any atom is -0.345 e. The standard InChI is InChI=1S/C13H26N2OS/c1-6-15(5)12(16)10(2)14-11-7-13(3,4)9-17-8-11/h10-11,14H,6-9H2,1-5H3. The van der Waals surface area contributed by atoms with Crippen molar-refractivity contribution in [2.75, 3.05) is 25.1 Å². The zero-order valence-electron chi connectivity index (χ0n) is 11.7. The van der Waals surface area contributed by atoms with Crippen molar-refractivity contribution in [3.63, 3.8) is 0 Å². The monoisotopic (exact) mass is 258 g/mol. The van der Waals surface area contributed by atoms with Gasteiger partial charge in [0.05, 0.1) is 6.04 Å². The number of carbonyl (C=O) groups excluding carboxylic acids is 1. The van der Waals surface area contributed by atoms with Crippen molar-refractivity contribution in [2.24, 2.45) is 5.41 Å². The van der Waals surface area contributed by atoms with Gasteiger partial charge in [0.15, 0.2) is 0 Å². The summed E-state index contributed by atoms with van der Waals surface area (Å²) in [5, 5.41) is 3.48. The Morgan fingerprint density at radius 3 is 2.76 bits per heavy atom. The van der Waals surface area contributed by atoms with E-state index in [9.17, 15) is 4.79 Å². The molecule has 3 nitrogen and oxygen atoms in total. The van der Waals surface area contributed by atoms with Crippen LogP contribution in [0.15, 0.2) is 0 Å². The highest BCUT2D eigenvalue weighted by Gasteiger charge is 2.30. The van der Waals surface area contributed by atoms with E-state index in [1.54, 1.807) is 4.90 Å². The molecule has 0 saturated carbocycles. The van der Waals surface area contributed by atoms with Crippen LogP contribution in [0.1, 0.15) is 34.1 Å². The smallest absolute Gasteiger partial charge is 0.239 e. The number of nitrogens with one attached hydrogen (secondary N) is 1. The number of hydrogen-bond donors (Lipinski definition) is 1. The van der Waals surface area contributed by atoms with Gasteiger partial charge in [0.25, 0.3) is 0 Å². The molecule has 17 heavy (non-hydrogen) atoms. The quantitative estimate of drug-likeness (QED) is 0.837. The molecule has 0 bridgehead atoms. The summed E-state index contributed by atoms with van der Waals surface area (Å²) >= 11 is 1.99. The SMILES string of the molecule is CCN(C)C(=O)C(C)NC1CSCC(C)(C)C1. The van der Waals surface area contributed by atoms with E-state index < -0.39 is 0 Å². The second-order valence-corrected chi connectivity index (χ2v) is 6.85. The number of carbonyl (C=O) groups is 1. The molecular weight excluding hydrogens is 232 g/mol. The molecule has 2 unspecified atom stereocenters. The van der Waals surface area contributed by atoms with E-state index in [1.807, 2.05) is 32.7 Å². The van der Waals surface area contributed by atoms with Crippen molar-refractivity contribution in [3.8, 4) is 0 Å². The first-order valence-electron chi connectivity index (χ1n) is 6.44. The fourth-order valence-corrected chi connectivity index (χ4v) is 3.57. The molecule has 2 atom stereocenters. The van der Waals surface area contributed by atoms with E-state index in [0.717, 1.165) is 18.7 Å². The number of nitrogens with zero attached hydrogens (tertiary/aromatic N) is 1. The van der Waals surface area contributed by atoms with E-state index >= 15 is 0 Å². The van der Waals surface area contributed by atoms with Crippen LogP contribution in [0.4, 0.5) is 0 Å². The first-order chi connectivity index (χ1) is 7.85. The van der Waals surface area contributed by atoms with Crippen molar-refractivity contribution >= 4 is 17.7 Å². The first-order valence-corrected chi connectivity index (χ1v) is 7.60. The third-order valence-electron chi connectivity index (χ3n) is 3.32. The maximum atomic E-state index is 12.0. The number of rotatable bonds is 4. The van der Waals surface area contributed by atoms with Crippen molar-refractivity contribution in [3.05, 3.63) is 0 Å². The fourth-order valence-electron chi connectivity index (χ4n) is 2.28. The van der Waals surface area contributed by atoms with Crippen LogP contribution in [0.25, 0.3) is 0 Å². The van der Waals surface area contributed by atoms with Crippen molar-refractivity contribution < 1.29 is 4.79 Å². The average Bonchev–Trinajstić information content (AvgIpc) is 2.25. The zero-order valence-corrected chi connectivity index (χ0v) is 12.6. The summed E-state index contributed by atoms with van der Waals surface area (Å²) in [6, 6.07) is 0.396. The summed E-state index contributed by atoms with van der Waals surface area (Å²) in [7, 11) is 1.86. The predicted octanol–water partition coefficient (Wildman–Crippen LogP) is 1.97. The van der Waals surface area contributed by atoms with Crippen molar-refractivity contribution in [1.29, 1.82) is 0 Å². The highest BCUT2D eigenvalue weighted by atomic mass is 32.2. The zero-order chi connectivity index (χ0) is 13.1. The highest BCUT2D eigenvalue weighted by molar-refractivity contribution is 7.99. The normalized spacial score (nSPS) is 25.4. The second kappa shape index (κ2) is 6.10. The summed E-state index contributed by atoms with van der Waals surface area (Å²) in [6.07, 6.45) is 1.16. The number of thioether (sulfide) groups is 1. The van der Waals surface area contributed by atoms with Gasteiger partial charge in [0, 0.05) is 25.4 Å². The molecule has 0 radical (unpaired) electrons. The molecule has 1 N–H and O–H groups in total. The predicted molar refractivity (Wildman–Crippen MR) is 75.4 cm³/mol. The largest absolute Gasteiger partial charge is 0.345 e. The Morgan fingerprint density at radius 2 is 2.24 bits per heavy atom. The van der Waals surface area contributed by atoms with Gasteiger partial charge in [-0.25, -0.2) is 0 Å². The van der Waals surface area contributed by atoms with Crippen LogP contribution in [0.3, 0.4) is 0 Å². The molecule has 1 saturated heterocycles. The van der Waals surface area contributed by atoms with Crippen LogP contribution in [-0.4, -0.2) is 48.0 Å². The van der Waals surface area contributed by atoms with Gasteiger partial charge in [-0.15, -0.1) is 0 Å². The van der Waals surface area contributed by atoms with Crippen molar-refractivity contribution in [2.45, 2.75) is 46.2 Å². The third-order valence-corrected chi connectivity index (χ3v) is 4.94. The molecule has 0 aromatic carbocycles. The van der Waals surface area contributed by atoms with Gasteiger partial charge < -0.3 is 10.2 Å². The van der Waals surface area contributed by atoms with Crippen LogP contribution < -0.4 is 5.32 Å². The van der Waals surface area contributed by atoms with Crippen LogP contribution in [0.2, 0.25) is 0 Å². The summed E-state index contributed by atoms with van der Waals surface area (Å²) < 4.78 is 0. The Balaban J connectivity index is 2.45. The van der Waals surface area contributed by atoms with Gasteiger partial charge in [-0.3, -0.25) is 4.79 Å².